The Labute approximate surface area is 117 Å². The van der Waals surface area contributed by atoms with Gasteiger partial charge in [-0.15, -0.1) is 0 Å². The number of rotatable bonds is 2. The molecule has 106 valence electrons. The Bertz CT molecular complexity index is 549. The topological polar surface area (TPSA) is 55.8 Å². The standard InChI is InChI=1S/C15H17NO4/c1-10(17)11-4-5-13-12(9-11)16(6-8-20-13)15(18)14-3-2-7-19-14/h4-5,9,14H,2-3,6-8H2,1H3. The molecule has 1 amide bonds. The number of ether oxygens (including phenoxy) is 2. The third-order valence-corrected chi connectivity index (χ3v) is 3.70. The van der Waals surface area contributed by atoms with Crippen LogP contribution < -0.4 is 9.64 Å². The molecule has 2 heterocycles. The average Bonchev–Trinajstić information content (AvgIpc) is 2.99. The van der Waals surface area contributed by atoms with E-state index < -0.39 is 0 Å². The predicted molar refractivity (Wildman–Crippen MR) is 73.3 cm³/mol. The maximum absolute atomic E-state index is 12.5. The number of benzene rings is 1. The van der Waals surface area contributed by atoms with Crippen molar-refractivity contribution in [3.63, 3.8) is 0 Å². The first kappa shape index (κ1) is 13.1. The number of hydrogen-bond acceptors (Lipinski definition) is 4. The number of Topliss-reactive ketones (excluding diaryl/α,β-unsaturated/α-hetero) is 1. The van der Waals surface area contributed by atoms with Crippen molar-refractivity contribution in [2.24, 2.45) is 0 Å². The van der Waals surface area contributed by atoms with Gasteiger partial charge >= 0.3 is 0 Å². The van der Waals surface area contributed by atoms with Crippen molar-refractivity contribution in [1.29, 1.82) is 0 Å². The number of fused-ring (bicyclic) bond motifs is 1. The first-order chi connectivity index (χ1) is 9.66. The van der Waals surface area contributed by atoms with Crippen molar-refractivity contribution >= 4 is 17.4 Å². The molecule has 20 heavy (non-hydrogen) atoms. The van der Waals surface area contributed by atoms with E-state index in [1.54, 1.807) is 23.1 Å². The molecule has 2 aliphatic heterocycles. The first-order valence-corrected chi connectivity index (χ1v) is 6.87. The van der Waals surface area contributed by atoms with Crippen molar-refractivity contribution in [2.45, 2.75) is 25.9 Å². The summed E-state index contributed by atoms with van der Waals surface area (Å²) in [6.45, 7) is 3.11. The molecule has 1 saturated heterocycles. The Hall–Kier alpha value is -1.88. The smallest absolute Gasteiger partial charge is 0.256 e. The van der Waals surface area contributed by atoms with Gasteiger partial charge in [0.05, 0.1) is 12.2 Å². The molecular weight excluding hydrogens is 258 g/mol. The number of anilines is 1. The molecule has 1 aromatic rings. The largest absolute Gasteiger partial charge is 0.490 e. The molecule has 5 nitrogen and oxygen atoms in total. The minimum Gasteiger partial charge on any atom is -0.490 e. The zero-order valence-corrected chi connectivity index (χ0v) is 11.4. The Balaban J connectivity index is 1.93. The van der Waals surface area contributed by atoms with Crippen molar-refractivity contribution < 1.29 is 19.1 Å². The van der Waals surface area contributed by atoms with Gasteiger partial charge in [0.1, 0.15) is 18.5 Å². The van der Waals surface area contributed by atoms with Gasteiger partial charge in [-0.25, -0.2) is 0 Å². The van der Waals surface area contributed by atoms with Crippen LogP contribution in [0, 0.1) is 0 Å². The molecular formula is C15H17NO4. The summed E-state index contributed by atoms with van der Waals surface area (Å²) in [5.74, 6) is 0.586. The van der Waals surface area contributed by atoms with E-state index in [0.29, 0.717) is 36.8 Å². The molecule has 2 aliphatic rings. The number of amides is 1. The van der Waals surface area contributed by atoms with Crippen molar-refractivity contribution in [1.82, 2.24) is 0 Å². The second-order valence-corrected chi connectivity index (χ2v) is 5.08. The summed E-state index contributed by atoms with van der Waals surface area (Å²) in [7, 11) is 0. The van der Waals surface area contributed by atoms with Crippen LogP contribution in [-0.4, -0.2) is 37.6 Å². The number of hydrogen-bond donors (Lipinski definition) is 0. The molecule has 0 N–H and O–H groups in total. The van der Waals surface area contributed by atoms with Crippen LogP contribution in [0.15, 0.2) is 18.2 Å². The number of carbonyl (C=O) groups excluding carboxylic acids is 2. The number of ketones is 1. The zero-order valence-electron chi connectivity index (χ0n) is 11.4. The maximum Gasteiger partial charge on any atom is 0.256 e. The molecule has 0 radical (unpaired) electrons. The summed E-state index contributed by atoms with van der Waals surface area (Å²) >= 11 is 0. The average molecular weight is 275 g/mol. The van der Waals surface area contributed by atoms with Crippen LogP contribution in [0.25, 0.3) is 0 Å². The quantitative estimate of drug-likeness (QED) is 0.772. The fourth-order valence-corrected chi connectivity index (χ4v) is 2.61. The minimum absolute atomic E-state index is 0.0251. The molecule has 0 saturated carbocycles. The van der Waals surface area contributed by atoms with Gasteiger partial charge < -0.3 is 14.4 Å². The Morgan fingerprint density at radius 2 is 2.15 bits per heavy atom. The predicted octanol–water partition coefficient (Wildman–Crippen LogP) is 1.79. The fourth-order valence-electron chi connectivity index (χ4n) is 2.61. The van der Waals surface area contributed by atoms with Gasteiger partial charge in [0.25, 0.3) is 5.91 Å². The van der Waals surface area contributed by atoms with E-state index in [1.165, 1.54) is 6.92 Å². The van der Waals surface area contributed by atoms with Crippen LogP contribution in [0.5, 0.6) is 5.75 Å². The van der Waals surface area contributed by atoms with Crippen LogP contribution in [0.4, 0.5) is 5.69 Å². The second kappa shape index (κ2) is 5.25. The summed E-state index contributed by atoms with van der Waals surface area (Å²) in [6, 6.07) is 5.20. The van der Waals surface area contributed by atoms with Gasteiger partial charge in [-0.1, -0.05) is 0 Å². The number of carbonyl (C=O) groups is 2. The van der Waals surface area contributed by atoms with Crippen molar-refractivity contribution in [3.05, 3.63) is 23.8 Å². The van der Waals surface area contributed by atoms with Crippen molar-refractivity contribution in [2.75, 3.05) is 24.7 Å². The highest BCUT2D eigenvalue weighted by Gasteiger charge is 2.32. The van der Waals surface area contributed by atoms with Crippen LogP contribution in [0.2, 0.25) is 0 Å². The Kier molecular flexibility index (Phi) is 3.44. The number of nitrogens with zero attached hydrogens (tertiary/aromatic N) is 1. The van der Waals surface area contributed by atoms with Crippen LogP contribution in [0.3, 0.4) is 0 Å². The highest BCUT2D eigenvalue weighted by atomic mass is 16.5. The van der Waals surface area contributed by atoms with E-state index in [1.807, 2.05) is 0 Å². The lowest BCUT2D eigenvalue weighted by molar-refractivity contribution is -0.127. The third-order valence-electron chi connectivity index (χ3n) is 3.70. The normalized spacial score (nSPS) is 21.2. The zero-order chi connectivity index (χ0) is 14.1. The molecule has 5 heteroatoms. The van der Waals surface area contributed by atoms with E-state index >= 15 is 0 Å². The van der Waals surface area contributed by atoms with Gasteiger partial charge in [-0.2, -0.15) is 0 Å². The van der Waals surface area contributed by atoms with Crippen LogP contribution in [-0.2, 0) is 9.53 Å². The van der Waals surface area contributed by atoms with Gasteiger partial charge in [-0.05, 0) is 38.0 Å². The fraction of sp³-hybridized carbons (Fsp3) is 0.467. The summed E-state index contributed by atoms with van der Waals surface area (Å²) < 4.78 is 11.0. The second-order valence-electron chi connectivity index (χ2n) is 5.08. The lowest BCUT2D eigenvalue weighted by atomic mass is 10.1. The molecule has 1 aromatic carbocycles. The highest BCUT2D eigenvalue weighted by molar-refractivity contribution is 6.01. The van der Waals surface area contributed by atoms with Gasteiger partial charge in [0.2, 0.25) is 0 Å². The van der Waals surface area contributed by atoms with Crippen LogP contribution in [0.1, 0.15) is 30.1 Å². The molecule has 0 aromatic heterocycles. The van der Waals surface area contributed by atoms with E-state index in [0.717, 1.165) is 12.8 Å². The lowest BCUT2D eigenvalue weighted by Crippen LogP contribution is -2.43. The van der Waals surface area contributed by atoms with Gasteiger partial charge in [0, 0.05) is 12.2 Å². The van der Waals surface area contributed by atoms with Crippen molar-refractivity contribution in [3.8, 4) is 5.75 Å². The minimum atomic E-state index is -0.359. The molecule has 3 rings (SSSR count). The SMILES string of the molecule is CC(=O)c1ccc2c(c1)N(C(=O)C1CCCO1)CCO2. The highest BCUT2D eigenvalue weighted by Crippen LogP contribution is 2.34. The van der Waals surface area contributed by atoms with E-state index in [9.17, 15) is 9.59 Å². The van der Waals surface area contributed by atoms with Gasteiger partial charge in [-0.3, -0.25) is 9.59 Å². The molecule has 1 fully saturated rings. The Morgan fingerprint density at radius 1 is 1.30 bits per heavy atom. The first-order valence-electron chi connectivity index (χ1n) is 6.87. The Morgan fingerprint density at radius 3 is 2.85 bits per heavy atom. The van der Waals surface area contributed by atoms with E-state index in [2.05, 4.69) is 0 Å². The summed E-state index contributed by atoms with van der Waals surface area (Å²) in [5, 5.41) is 0. The van der Waals surface area contributed by atoms with Crippen LogP contribution >= 0.6 is 0 Å². The molecule has 0 spiro atoms. The summed E-state index contributed by atoms with van der Waals surface area (Å²) in [5.41, 5.74) is 1.25. The molecule has 1 atom stereocenters. The van der Waals surface area contributed by atoms with E-state index in [-0.39, 0.29) is 17.8 Å². The maximum atomic E-state index is 12.5. The molecule has 0 aliphatic carbocycles. The third kappa shape index (κ3) is 2.29. The molecule has 1 unspecified atom stereocenters. The van der Waals surface area contributed by atoms with Gasteiger partial charge in [0.15, 0.2) is 5.78 Å². The summed E-state index contributed by atoms with van der Waals surface area (Å²) in [4.78, 5) is 25.7. The molecule has 0 bridgehead atoms. The monoisotopic (exact) mass is 275 g/mol. The van der Waals surface area contributed by atoms with E-state index in [4.69, 9.17) is 9.47 Å². The lowest BCUT2D eigenvalue weighted by Gasteiger charge is -2.31. The summed E-state index contributed by atoms with van der Waals surface area (Å²) in [6.07, 6.45) is 1.32.